The third-order valence-electron chi connectivity index (χ3n) is 1.22. The van der Waals surface area contributed by atoms with Crippen LogP contribution in [0.15, 0.2) is 18.5 Å². The van der Waals surface area contributed by atoms with Gasteiger partial charge in [-0.05, 0) is 6.92 Å². The van der Waals surface area contributed by atoms with Gasteiger partial charge < -0.3 is 0 Å². The molecule has 0 spiro atoms. The van der Waals surface area contributed by atoms with Crippen LogP contribution in [0.1, 0.15) is 11.4 Å². The van der Waals surface area contributed by atoms with Gasteiger partial charge >= 0.3 is 0 Å². The molecule has 11 heavy (non-hydrogen) atoms. The second-order valence-corrected chi connectivity index (χ2v) is 2.51. The molecule has 0 radical (unpaired) electrons. The predicted molar refractivity (Wildman–Crippen MR) is 49.7 cm³/mol. The Hall–Kier alpha value is -0.830. The summed E-state index contributed by atoms with van der Waals surface area (Å²) < 4.78 is 0. The molecule has 1 rings (SSSR count). The molecule has 1 heterocycles. The summed E-state index contributed by atoms with van der Waals surface area (Å²) in [5.41, 5.74) is 1.02. The molecule has 1 aromatic rings. The Balaban J connectivity index is 2.73. The van der Waals surface area contributed by atoms with Gasteiger partial charge in [-0.1, -0.05) is 12.2 Å². The molecule has 3 heteroatoms. The lowest BCUT2D eigenvalue weighted by atomic mass is 10.3. The van der Waals surface area contributed by atoms with Crippen molar-refractivity contribution in [2.24, 2.45) is 0 Å². The van der Waals surface area contributed by atoms with E-state index in [0.717, 1.165) is 17.1 Å². The van der Waals surface area contributed by atoms with Gasteiger partial charge in [0.2, 0.25) is 0 Å². The Kier molecular flexibility index (Phi) is 3.11. The van der Waals surface area contributed by atoms with Crippen molar-refractivity contribution in [1.29, 1.82) is 0 Å². The van der Waals surface area contributed by atoms with Crippen molar-refractivity contribution in [1.82, 2.24) is 9.97 Å². The predicted octanol–water partition coefficient (Wildman–Crippen LogP) is 1.73. The Bertz CT molecular complexity index is 241. The number of rotatable bonds is 2. The molecule has 0 amide bonds. The summed E-state index contributed by atoms with van der Waals surface area (Å²) in [6.07, 6.45) is 7.49. The highest BCUT2D eigenvalue weighted by atomic mass is 32.1. The van der Waals surface area contributed by atoms with Crippen LogP contribution in [-0.2, 0) is 0 Å². The number of aromatic nitrogens is 2. The first kappa shape index (κ1) is 8.27. The fourth-order valence-corrected chi connectivity index (χ4v) is 0.783. The zero-order valence-corrected chi connectivity index (χ0v) is 7.25. The largest absolute Gasteiger partial charge is 0.241 e. The summed E-state index contributed by atoms with van der Waals surface area (Å²) in [5, 5.41) is 0. The molecular formula is C8H10N2S. The number of hydrogen-bond acceptors (Lipinski definition) is 3. The van der Waals surface area contributed by atoms with Gasteiger partial charge in [-0.2, -0.15) is 12.6 Å². The van der Waals surface area contributed by atoms with Gasteiger partial charge in [0.25, 0.3) is 0 Å². The van der Waals surface area contributed by atoms with Crippen LogP contribution in [0, 0.1) is 6.92 Å². The second-order valence-electron chi connectivity index (χ2n) is 2.15. The van der Waals surface area contributed by atoms with E-state index in [2.05, 4.69) is 22.6 Å². The third-order valence-corrected chi connectivity index (χ3v) is 1.43. The lowest BCUT2D eigenvalue weighted by Crippen LogP contribution is -1.85. The average Bonchev–Trinajstić information content (AvgIpc) is 2.04. The van der Waals surface area contributed by atoms with Gasteiger partial charge in [0.15, 0.2) is 0 Å². The molecule has 0 aliphatic rings. The van der Waals surface area contributed by atoms with Crippen LogP contribution in [-0.4, -0.2) is 15.7 Å². The molecule has 0 N–H and O–H groups in total. The molecule has 1 aromatic heterocycles. The molecule has 0 aliphatic heterocycles. The van der Waals surface area contributed by atoms with Gasteiger partial charge in [-0.3, -0.25) is 0 Å². The SMILES string of the molecule is Cc1ncc(C=CCS)cn1. The maximum absolute atomic E-state index is 4.04. The molecule has 0 aromatic carbocycles. The van der Waals surface area contributed by atoms with Gasteiger partial charge in [0, 0.05) is 23.7 Å². The maximum atomic E-state index is 4.04. The summed E-state index contributed by atoms with van der Waals surface area (Å²) >= 11 is 4.04. The van der Waals surface area contributed by atoms with E-state index in [1.807, 2.05) is 19.1 Å². The zero-order chi connectivity index (χ0) is 8.10. The van der Waals surface area contributed by atoms with Gasteiger partial charge in [0.1, 0.15) is 5.82 Å². The zero-order valence-electron chi connectivity index (χ0n) is 6.36. The fourth-order valence-electron chi connectivity index (χ4n) is 0.677. The van der Waals surface area contributed by atoms with Gasteiger partial charge in [0.05, 0.1) is 0 Å². The van der Waals surface area contributed by atoms with Crippen molar-refractivity contribution >= 4 is 18.7 Å². The van der Waals surface area contributed by atoms with Crippen LogP contribution in [0.5, 0.6) is 0 Å². The van der Waals surface area contributed by atoms with E-state index in [1.54, 1.807) is 12.4 Å². The first-order valence-corrected chi connectivity index (χ1v) is 4.02. The van der Waals surface area contributed by atoms with E-state index in [1.165, 1.54) is 0 Å². The number of hydrogen-bond donors (Lipinski definition) is 1. The highest BCUT2D eigenvalue weighted by molar-refractivity contribution is 7.80. The summed E-state index contributed by atoms with van der Waals surface area (Å²) in [5.74, 6) is 1.54. The van der Waals surface area contributed by atoms with E-state index < -0.39 is 0 Å². The summed E-state index contributed by atoms with van der Waals surface area (Å²) in [7, 11) is 0. The average molecular weight is 166 g/mol. The molecule has 0 aliphatic carbocycles. The van der Waals surface area contributed by atoms with Crippen molar-refractivity contribution in [2.45, 2.75) is 6.92 Å². The minimum atomic E-state index is 0.744. The Morgan fingerprint density at radius 3 is 2.64 bits per heavy atom. The van der Waals surface area contributed by atoms with Crippen LogP contribution in [0.25, 0.3) is 6.08 Å². The van der Waals surface area contributed by atoms with Crippen molar-refractivity contribution < 1.29 is 0 Å². The number of nitrogens with zero attached hydrogens (tertiary/aromatic N) is 2. The van der Waals surface area contributed by atoms with Crippen molar-refractivity contribution in [3.8, 4) is 0 Å². The van der Waals surface area contributed by atoms with Crippen molar-refractivity contribution in [3.05, 3.63) is 29.9 Å². The minimum Gasteiger partial charge on any atom is -0.241 e. The molecule has 0 saturated carbocycles. The van der Waals surface area contributed by atoms with Crippen molar-refractivity contribution in [2.75, 3.05) is 5.75 Å². The smallest absolute Gasteiger partial charge is 0.125 e. The van der Waals surface area contributed by atoms with E-state index >= 15 is 0 Å². The fraction of sp³-hybridized carbons (Fsp3) is 0.250. The topological polar surface area (TPSA) is 25.8 Å². The molecule has 0 unspecified atom stereocenters. The highest BCUT2D eigenvalue weighted by Crippen LogP contribution is 1.98. The van der Waals surface area contributed by atoms with E-state index in [4.69, 9.17) is 0 Å². The Labute approximate surface area is 71.8 Å². The quantitative estimate of drug-likeness (QED) is 0.677. The molecule has 58 valence electrons. The summed E-state index contributed by atoms with van der Waals surface area (Å²) in [6.45, 7) is 1.87. The molecule has 0 atom stereocenters. The molecular weight excluding hydrogens is 156 g/mol. The van der Waals surface area contributed by atoms with Crippen molar-refractivity contribution in [3.63, 3.8) is 0 Å². The van der Waals surface area contributed by atoms with Crippen LogP contribution >= 0.6 is 12.6 Å². The number of thiol groups is 1. The molecule has 0 bridgehead atoms. The normalized spacial score (nSPS) is 10.7. The highest BCUT2D eigenvalue weighted by Gasteiger charge is 1.86. The van der Waals surface area contributed by atoms with Crippen LogP contribution in [0.4, 0.5) is 0 Å². The summed E-state index contributed by atoms with van der Waals surface area (Å²) in [4.78, 5) is 8.09. The molecule has 0 saturated heterocycles. The van der Waals surface area contributed by atoms with Gasteiger partial charge in [-0.15, -0.1) is 0 Å². The van der Waals surface area contributed by atoms with Crippen LogP contribution < -0.4 is 0 Å². The van der Waals surface area contributed by atoms with Crippen LogP contribution in [0.3, 0.4) is 0 Å². The van der Waals surface area contributed by atoms with E-state index in [9.17, 15) is 0 Å². The monoisotopic (exact) mass is 166 g/mol. The first-order valence-electron chi connectivity index (χ1n) is 3.39. The van der Waals surface area contributed by atoms with Gasteiger partial charge in [-0.25, -0.2) is 9.97 Å². The van der Waals surface area contributed by atoms with Crippen LogP contribution in [0.2, 0.25) is 0 Å². The Morgan fingerprint density at radius 1 is 1.45 bits per heavy atom. The third kappa shape index (κ3) is 2.72. The molecule has 2 nitrogen and oxygen atoms in total. The maximum Gasteiger partial charge on any atom is 0.125 e. The minimum absolute atomic E-state index is 0.744. The lowest BCUT2D eigenvalue weighted by Gasteiger charge is -1.91. The molecule has 0 fully saturated rings. The lowest BCUT2D eigenvalue weighted by molar-refractivity contribution is 1.05. The summed E-state index contributed by atoms with van der Waals surface area (Å²) in [6, 6.07) is 0. The standard InChI is InChI=1S/C8H10N2S/c1-7-9-5-8(6-10-7)3-2-4-11/h2-3,5-6,11H,4H2,1H3. The van der Waals surface area contributed by atoms with E-state index in [-0.39, 0.29) is 0 Å². The van der Waals surface area contributed by atoms with E-state index in [0.29, 0.717) is 0 Å². The number of aryl methyl sites for hydroxylation is 1. The Morgan fingerprint density at radius 2 is 2.09 bits per heavy atom. The second kappa shape index (κ2) is 4.13. The first-order chi connectivity index (χ1) is 5.33.